The minimum Gasteiger partial charge on any atom is -0.478 e. The second-order valence-electron chi connectivity index (χ2n) is 5.30. The molecule has 1 aromatic carbocycles. The maximum atomic E-state index is 11.0. The van der Waals surface area contributed by atoms with Gasteiger partial charge in [0.1, 0.15) is 0 Å². The number of nitrogens with zero attached hydrogens (tertiary/aromatic N) is 1. The van der Waals surface area contributed by atoms with E-state index in [9.17, 15) is 14.9 Å². The first-order valence-electron chi connectivity index (χ1n) is 5.88. The van der Waals surface area contributed by atoms with Gasteiger partial charge in [0.15, 0.2) is 0 Å². The third-order valence-electron chi connectivity index (χ3n) is 2.56. The van der Waals surface area contributed by atoms with Gasteiger partial charge in [-0.25, -0.2) is 4.79 Å². The Balaban J connectivity index is 3.22. The largest absolute Gasteiger partial charge is 0.478 e. The zero-order valence-corrected chi connectivity index (χ0v) is 11.7. The standard InChI is InChI=1S/C13H17NO6/c1-13(2,3)12(19-4)20-10-7-8(11(15)16)5-6-9(10)14(17)18/h5-7,12H,1-4H3,(H,15,16). The van der Waals surface area contributed by atoms with E-state index in [2.05, 4.69) is 0 Å². The van der Waals surface area contributed by atoms with Crippen LogP contribution in [0.25, 0.3) is 0 Å². The fourth-order valence-corrected chi connectivity index (χ4v) is 1.59. The van der Waals surface area contributed by atoms with Gasteiger partial charge in [-0.15, -0.1) is 0 Å². The summed E-state index contributed by atoms with van der Waals surface area (Å²) in [6, 6.07) is 3.39. The van der Waals surface area contributed by atoms with Gasteiger partial charge in [-0.05, 0) is 6.07 Å². The molecule has 1 unspecified atom stereocenters. The van der Waals surface area contributed by atoms with Crippen LogP contribution in [0.15, 0.2) is 18.2 Å². The molecule has 1 rings (SSSR count). The molecule has 1 N–H and O–H groups in total. The molecule has 0 spiro atoms. The lowest BCUT2D eigenvalue weighted by Crippen LogP contribution is -2.34. The van der Waals surface area contributed by atoms with Crippen molar-refractivity contribution in [2.24, 2.45) is 5.41 Å². The van der Waals surface area contributed by atoms with E-state index >= 15 is 0 Å². The van der Waals surface area contributed by atoms with Crippen LogP contribution in [0.4, 0.5) is 5.69 Å². The van der Waals surface area contributed by atoms with E-state index in [4.69, 9.17) is 14.6 Å². The number of methoxy groups -OCH3 is 1. The average molecular weight is 283 g/mol. The highest BCUT2D eigenvalue weighted by Crippen LogP contribution is 2.32. The molecule has 0 radical (unpaired) electrons. The van der Waals surface area contributed by atoms with Crippen molar-refractivity contribution in [2.75, 3.05) is 7.11 Å². The lowest BCUT2D eigenvalue weighted by Gasteiger charge is -2.29. The summed E-state index contributed by atoms with van der Waals surface area (Å²) < 4.78 is 10.6. The molecule has 0 saturated carbocycles. The van der Waals surface area contributed by atoms with Crippen LogP contribution < -0.4 is 4.74 Å². The van der Waals surface area contributed by atoms with Crippen LogP contribution in [0.1, 0.15) is 31.1 Å². The van der Waals surface area contributed by atoms with Crippen molar-refractivity contribution in [3.63, 3.8) is 0 Å². The van der Waals surface area contributed by atoms with E-state index in [0.29, 0.717) is 0 Å². The number of ether oxygens (including phenoxy) is 2. The molecule has 0 aliphatic heterocycles. The van der Waals surface area contributed by atoms with Gasteiger partial charge < -0.3 is 14.6 Å². The van der Waals surface area contributed by atoms with Crippen LogP contribution in [-0.2, 0) is 4.74 Å². The van der Waals surface area contributed by atoms with Crippen molar-refractivity contribution >= 4 is 11.7 Å². The third kappa shape index (κ3) is 3.67. The molecular weight excluding hydrogens is 266 g/mol. The molecular formula is C13H17NO6. The second-order valence-corrected chi connectivity index (χ2v) is 5.30. The Hall–Kier alpha value is -2.15. The van der Waals surface area contributed by atoms with Gasteiger partial charge in [-0.2, -0.15) is 0 Å². The van der Waals surface area contributed by atoms with Crippen LogP contribution in [-0.4, -0.2) is 29.4 Å². The monoisotopic (exact) mass is 283 g/mol. The van der Waals surface area contributed by atoms with Crippen LogP contribution >= 0.6 is 0 Å². The Morgan fingerprint density at radius 1 is 1.40 bits per heavy atom. The fourth-order valence-electron chi connectivity index (χ4n) is 1.59. The number of carboxylic acid groups (broad SMARTS) is 1. The molecule has 0 heterocycles. The van der Waals surface area contributed by atoms with E-state index < -0.39 is 22.6 Å². The fraction of sp³-hybridized carbons (Fsp3) is 0.462. The summed E-state index contributed by atoms with van der Waals surface area (Å²) in [7, 11) is 1.42. The summed E-state index contributed by atoms with van der Waals surface area (Å²) in [5.41, 5.74) is -0.822. The molecule has 110 valence electrons. The number of carboxylic acids is 1. The number of hydrogen-bond donors (Lipinski definition) is 1. The minimum atomic E-state index is -1.19. The Labute approximate surface area is 116 Å². The normalized spacial score (nSPS) is 12.8. The first-order valence-corrected chi connectivity index (χ1v) is 5.88. The molecule has 1 atom stereocenters. The molecule has 0 amide bonds. The quantitative estimate of drug-likeness (QED) is 0.506. The van der Waals surface area contributed by atoms with Crippen molar-refractivity contribution in [3.8, 4) is 5.75 Å². The van der Waals surface area contributed by atoms with E-state index in [1.54, 1.807) is 0 Å². The SMILES string of the molecule is COC(Oc1cc(C(=O)O)ccc1[N+](=O)[O-])C(C)(C)C. The predicted octanol–water partition coefficient (Wildman–Crippen LogP) is 2.69. The summed E-state index contributed by atoms with van der Waals surface area (Å²) in [5, 5.41) is 19.9. The number of rotatable bonds is 5. The number of hydrogen-bond acceptors (Lipinski definition) is 5. The van der Waals surface area contributed by atoms with Gasteiger partial charge in [0, 0.05) is 24.7 Å². The smallest absolute Gasteiger partial charge is 0.335 e. The van der Waals surface area contributed by atoms with E-state index in [1.807, 2.05) is 20.8 Å². The van der Waals surface area contributed by atoms with Crippen LogP contribution in [0.3, 0.4) is 0 Å². The number of carbonyl (C=O) groups is 1. The highest BCUT2D eigenvalue weighted by atomic mass is 16.7. The highest BCUT2D eigenvalue weighted by Gasteiger charge is 2.29. The molecule has 20 heavy (non-hydrogen) atoms. The van der Waals surface area contributed by atoms with Crippen molar-refractivity contribution < 1.29 is 24.3 Å². The van der Waals surface area contributed by atoms with Gasteiger partial charge in [0.2, 0.25) is 12.0 Å². The van der Waals surface area contributed by atoms with E-state index in [1.165, 1.54) is 7.11 Å². The van der Waals surface area contributed by atoms with Gasteiger partial charge in [-0.1, -0.05) is 20.8 Å². The summed E-state index contributed by atoms with van der Waals surface area (Å²) in [6.45, 7) is 5.52. The van der Waals surface area contributed by atoms with E-state index in [0.717, 1.165) is 18.2 Å². The topological polar surface area (TPSA) is 98.9 Å². The molecule has 7 nitrogen and oxygen atoms in total. The van der Waals surface area contributed by atoms with Gasteiger partial charge in [0.25, 0.3) is 0 Å². The van der Waals surface area contributed by atoms with Crippen LogP contribution in [0.2, 0.25) is 0 Å². The summed E-state index contributed by atoms with van der Waals surface area (Å²) in [5.74, 6) is -1.31. The molecule has 0 aliphatic carbocycles. The third-order valence-corrected chi connectivity index (χ3v) is 2.56. The lowest BCUT2D eigenvalue weighted by molar-refractivity contribution is -0.386. The maximum absolute atomic E-state index is 11.0. The Morgan fingerprint density at radius 3 is 2.40 bits per heavy atom. The molecule has 0 bridgehead atoms. The molecule has 7 heteroatoms. The Kier molecular flexibility index (Phi) is 4.67. The van der Waals surface area contributed by atoms with Crippen molar-refractivity contribution in [1.82, 2.24) is 0 Å². The van der Waals surface area contributed by atoms with Gasteiger partial charge in [0.05, 0.1) is 10.5 Å². The van der Waals surface area contributed by atoms with Gasteiger partial charge >= 0.3 is 11.7 Å². The van der Waals surface area contributed by atoms with Crippen LogP contribution in [0.5, 0.6) is 5.75 Å². The second kappa shape index (κ2) is 5.87. The molecule has 0 aromatic heterocycles. The first-order chi connectivity index (χ1) is 9.16. The van der Waals surface area contributed by atoms with E-state index in [-0.39, 0.29) is 17.0 Å². The highest BCUT2D eigenvalue weighted by molar-refractivity contribution is 5.88. The zero-order valence-electron chi connectivity index (χ0n) is 11.7. The van der Waals surface area contributed by atoms with Crippen molar-refractivity contribution in [2.45, 2.75) is 27.1 Å². The lowest BCUT2D eigenvalue weighted by atomic mass is 9.96. The first kappa shape index (κ1) is 15.9. The van der Waals surface area contributed by atoms with Crippen LogP contribution in [0, 0.1) is 15.5 Å². The van der Waals surface area contributed by atoms with Crippen molar-refractivity contribution in [1.29, 1.82) is 0 Å². The number of nitro groups is 1. The van der Waals surface area contributed by atoms with Crippen molar-refractivity contribution in [3.05, 3.63) is 33.9 Å². The molecule has 0 saturated heterocycles. The summed E-state index contributed by atoms with van der Waals surface area (Å²) >= 11 is 0. The minimum absolute atomic E-state index is 0.0886. The average Bonchev–Trinajstić information content (AvgIpc) is 2.33. The maximum Gasteiger partial charge on any atom is 0.335 e. The molecule has 1 aromatic rings. The molecule has 0 fully saturated rings. The van der Waals surface area contributed by atoms with Gasteiger partial charge in [-0.3, -0.25) is 10.1 Å². The number of nitro benzene ring substituents is 1. The predicted molar refractivity (Wildman–Crippen MR) is 70.9 cm³/mol. The Morgan fingerprint density at radius 2 is 2.00 bits per heavy atom. The number of aromatic carboxylic acids is 1. The summed E-state index contributed by atoms with van der Waals surface area (Å²) in [4.78, 5) is 21.3. The Bertz CT molecular complexity index is 520. The molecule has 0 aliphatic rings. The summed E-state index contributed by atoms with van der Waals surface area (Å²) in [6.07, 6.45) is -0.745. The zero-order chi connectivity index (χ0) is 15.5. The number of benzene rings is 1.